The van der Waals surface area contributed by atoms with Crippen LogP contribution in [0.15, 0.2) is 48.5 Å². The summed E-state index contributed by atoms with van der Waals surface area (Å²) < 4.78 is 10.8. The number of carbonyl (C=O) groups is 1. The molecule has 29 heavy (non-hydrogen) atoms. The molecule has 1 aromatic heterocycles. The highest BCUT2D eigenvalue weighted by molar-refractivity contribution is 6.30. The highest BCUT2D eigenvalue weighted by Gasteiger charge is 2.17. The second-order valence-corrected chi connectivity index (χ2v) is 6.68. The van der Waals surface area contributed by atoms with Crippen molar-refractivity contribution in [1.82, 2.24) is 15.0 Å². The van der Waals surface area contributed by atoms with Crippen molar-refractivity contribution in [3.8, 4) is 5.75 Å². The van der Waals surface area contributed by atoms with Crippen molar-refractivity contribution in [3.63, 3.8) is 0 Å². The summed E-state index contributed by atoms with van der Waals surface area (Å²) >= 11 is 5.83. The van der Waals surface area contributed by atoms with Crippen LogP contribution in [0.25, 0.3) is 0 Å². The number of nitrogens with zero attached hydrogens (tertiary/aromatic N) is 3. The van der Waals surface area contributed by atoms with E-state index in [4.69, 9.17) is 26.8 Å². The van der Waals surface area contributed by atoms with E-state index in [0.29, 0.717) is 10.8 Å². The minimum absolute atomic E-state index is 0.0196. The first-order valence-corrected chi connectivity index (χ1v) is 9.20. The third-order valence-electron chi connectivity index (χ3n) is 3.81. The maximum atomic E-state index is 12.2. The molecule has 150 valence electrons. The lowest BCUT2D eigenvalue weighted by Gasteiger charge is -2.14. The van der Waals surface area contributed by atoms with Gasteiger partial charge in [0.2, 0.25) is 11.9 Å². The van der Waals surface area contributed by atoms with Crippen LogP contribution in [0, 0.1) is 6.92 Å². The molecular weight excluding hydrogens is 394 g/mol. The standard InChI is InChI=1S/C20H20ClN5O3/c1-12-3-7-15(8-4-12)23-20-25-17(24-19(22)26-20)11-28-18(27)13(2)29-16-9-5-14(21)6-10-16/h3-10,13H,11H2,1-2H3,(H3,22,23,24,25,26). The number of halogens is 1. The summed E-state index contributed by atoms with van der Waals surface area (Å²) in [6.07, 6.45) is -0.819. The fraction of sp³-hybridized carbons (Fsp3) is 0.200. The molecule has 0 fully saturated rings. The van der Waals surface area contributed by atoms with Gasteiger partial charge in [-0.05, 0) is 50.2 Å². The number of aromatic nitrogens is 3. The van der Waals surface area contributed by atoms with Crippen LogP contribution in [0.2, 0.25) is 5.02 Å². The number of carbonyl (C=O) groups excluding carboxylic acids is 1. The molecule has 0 amide bonds. The van der Waals surface area contributed by atoms with Crippen LogP contribution in [0.5, 0.6) is 5.75 Å². The first-order chi connectivity index (χ1) is 13.9. The SMILES string of the molecule is Cc1ccc(Nc2nc(N)nc(COC(=O)C(C)Oc3ccc(Cl)cc3)n2)cc1. The van der Waals surface area contributed by atoms with Gasteiger partial charge in [-0.3, -0.25) is 0 Å². The van der Waals surface area contributed by atoms with Crippen LogP contribution in [0.4, 0.5) is 17.6 Å². The highest BCUT2D eigenvalue weighted by Crippen LogP contribution is 2.18. The minimum atomic E-state index is -0.819. The summed E-state index contributed by atoms with van der Waals surface area (Å²) in [4.78, 5) is 24.5. The number of rotatable bonds is 7. The van der Waals surface area contributed by atoms with E-state index in [0.717, 1.165) is 11.3 Å². The Bertz CT molecular complexity index is 980. The molecule has 3 N–H and O–H groups in total. The molecule has 0 bridgehead atoms. The first-order valence-electron chi connectivity index (χ1n) is 8.82. The average molecular weight is 414 g/mol. The van der Waals surface area contributed by atoms with Gasteiger partial charge in [-0.25, -0.2) is 4.79 Å². The summed E-state index contributed by atoms with van der Waals surface area (Å²) in [5.74, 6) is 0.447. The number of hydrogen-bond donors (Lipinski definition) is 2. The number of esters is 1. The van der Waals surface area contributed by atoms with Crippen molar-refractivity contribution >= 4 is 35.2 Å². The Morgan fingerprint density at radius 2 is 1.79 bits per heavy atom. The van der Waals surface area contributed by atoms with Crippen molar-refractivity contribution in [2.75, 3.05) is 11.1 Å². The van der Waals surface area contributed by atoms with Crippen molar-refractivity contribution in [2.45, 2.75) is 26.6 Å². The Morgan fingerprint density at radius 1 is 1.10 bits per heavy atom. The van der Waals surface area contributed by atoms with Crippen LogP contribution < -0.4 is 15.8 Å². The summed E-state index contributed by atoms with van der Waals surface area (Å²) in [6.45, 7) is 3.42. The molecule has 8 nitrogen and oxygen atoms in total. The quantitative estimate of drug-likeness (QED) is 0.564. The predicted molar refractivity (Wildman–Crippen MR) is 110 cm³/mol. The van der Waals surface area contributed by atoms with Gasteiger partial charge in [-0.2, -0.15) is 15.0 Å². The summed E-state index contributed by atoms with van der Waals surface area (Å²) in [5.41, 5.74) is 7.67. The molecule has 0 saturated carbocycles. The largest absolute Gasteiger partial charge is 0.479 e. The number of anilines is 3. The molecule has 0 saturated heterocycles. The van der Waals surface area contributed by atoms with Crippen LogP contribution >= 0.6 is 11.6 Å². The Hall–Kier alpha value is -3.39. The van der Waals surface area contributed by atoms with Crippen molar-refractivity contribution in [2.24, 2.45) is 0 Å². The lowest BCUT2D eigenvalue weighted by atomic mass is 10.2. The molecule has 1 heterocycles. The zero-order chi connectivity index (χ0) is 20.8. The Morgan fingerprint density at radius 3 is 2.48 bits per heavy atom. The summed E-state index contributed by atoms with van der Waals surface area (Å²) in [7, 11) is 0. The normalized spacial score (nSPS) is 11.6. The van der Waals surface area contributed by atoms with E-state index in [1.165, 1.54) is 0 Å². The molecule has 0 aliphatic heterocycles. The molecule has 0 radical (unpaired) electrons. The van der Waals surface area contributed by atoms with Gasteiger partial charge in [0.1, 0.15) is 5.75 Å². The van der Waals surface area contributed by atoms with E-state index in [1.54, 1.807) is 31.2 Å². The Labute approximate surface area is 173 Å². The van der Waals surface area contributed by atoms with E-state index in [2.05, 4.69) is 20.3 Å². The number of nitrogens with one attached hydrogen (secondary N) is 1. The van der Waals surface area contributed by atoms with Crippen molar-refractivity contribution < 1.29 is 14.3 Å². The summed E-state index contributed by atoms with van der Waals surface area (Å²) in [6, 6.07) is 14.4. The highest BCUT2D eigenvalue weighted by atomic mass is 35.5. The fourth-order valence-corrected chi connectivity index (χ4v) is 2.47. The second-order valence-electron chi connectivity index (χ2n) is 6.25. The molecule has 3 aromatic rings. The molecule has 1 atom stereocenters. The number of benzene rings is 2. The van der Waals surface area contributed by atoms with Gasteiger partial charge in [-0.1, -0.05) is 29.3 Å². The zero-order valence-corrected chi connectivity index (χ0v) is 16.7. The molecule has 9 heteroatoms. The van der Waals surface area contributed by atoms with Crippen molar-refractivity contribution in [3.05, 3.63) is 64.9 Å². The van der Waals surface area contributed by atoms with Gasteiger partial charge in [-0.15, -0.1) is 0 Å². The lowest BCUT2D eigenvalue weighted by molar-refractivity contribution is -0.152. The Balaban J connectivity index is 1.59. The van der Waals surface area contributed by atoms with Gasteiger partial charge in [0.15, 0.2) is 18.5 Å². The van der Waals surface area contributed by atoms with Gasteiger partial charge in [0.05, 0.1) is 0 Å². The number of nitrogen functional groups attached to an aromatic ring is 1. The number of ether oxygens (including phenoxy) is 2. The summed E-state index contributed by atoms with van der Waals surface area (Å²) in [5, 5.41) is 3.62. The van der Waals surface area contributed by atoms with E-state index >= 15 is 0 Å². The van der Waals surface area contributed by atoms with Crippen molar-refractivity contribution in [1.29, 1.82) is 0 Å². The molecular formula is C20H20ClN5O3. The van der Waals surface area contributed by atoms with Crippen LogP contribution in [0.3, 0.4) is 0 Å². The Kier molecular flexibility index (Phi) is 6.46. The van der Waals surface area contributed by atoms with Gasteiger partial charge < -0.3 is 20.5 Å². The third-order valence-corrected chi connectivity index (χ3v) is 4.06. The number of hydrogen-bond acceptors (Lipinski definition) is 8. The number of aryl methyl sites for hydroxylation is 1. The molecule has 2 aromatic carbocycles. The fourth-order valence-electron chi connectivity index (χ4n) is 2.34. The maximum Gasteiger partial charge on any atom is 0.347 e. The van der Waals surface area contributed by atoms with Gasteiger partial charge >= 0.3 is 5.97 Å². The van der Waals surface area contributed by atoms with Gasteiger partial charge in [0, 0.05) is 10.7 Å². The average Bonchev–Trinajstić information content (AvgIpc) is 2.69. The van der Waals surface area contributed by atoms with Crippen LogP contribution in [-0.4, -0.2) is 27.0 Å². The number of nitrogens with two attached hydrogens (primary N) is 1. The maximum absolute atomic E-state index is 12.2. The van der Waals surface area contributed by atoms with E-state index in [1.807, 2.05) is 31.2 Å². The lowest BCUT2D eigenvalue weighted by Crippen LogP contribution is -2.26. The topological polar surface area (TPSA) is 112 Å². The third kappa shape index (κ3) is 6.05. The first kappa shape index (κ1) is 20.3. The van der Waals surface area contributed by atoms with E-state index < -0.39 is 12.1 Å². The van der Waals surface area contributed by atoms with Gasteiger partial charge in [0.25, 0.3) is 0 Å². The predicted octanol–water partition coefficient (Wildman–Crippen LogP) is 3.67. The minimum Gasteiger partial charge on any atom is -0.479 e. The molecule has 3 rings (SSSR count). The smallest absolute Gasteiger partial charge is 0.347 e. The van der Waals surface area contributed by atoms with Crippen LogP contribution in [0.1, 0.15) is 18.3 Å². The van der Waals surface area contributed by atoms with Crippen LogP contribution in [-0.2, 0) is 16.1 Å². The molecule has 0 aliphatic carbocycles. The second kappa shape index (κ2) is 9.20. The van der Waals surface area contributed by atoms with E-state index in [9.17, 15) is 4.79 Å². The molecule has 0 aliphatic rings. The molecule has 1 unspecified atom stereocenters. The molecule has 0 spiro atoms. The van der Waals surface area contributed by atoms with E-state index in [-0.39, 0.29) is 24.3 Å². The zero-order valence-electron chi connectivity index (χ0n) is 15.9. The monoisotopic (exact) mass is 413 g/mol.